The van der Waals surface area contributed by atoms with Crippen LogP contribution in [-0.2, 0) is 14.4 Å². The number of hydrogen-bond donors (Lipinski definition) is 4. The second-order valence-corrected chi connectivity index (χ2v) is 7.43. The molecule has 0 fully saturated rings. The van der Waals surface area contributed by atoms with Crippen LogP contribution in [-0.4, -0.2) is 41.0 Å². The molecule has 2 aromatic carbocycles. The van der Waals surface area contributed by atoms with Crippen LogP contribution < -0.4 is 15.5 Å². The van der Waals surface area contributed by atoms with Crippen LogP contribution in [0.15, 0.2) is 46.9 Å². The van der Waals surface area contributed by atoms with Crippen LogP contribution >= 0.6 is 15.9 Å². The molecule has 3 amide bonds. The van der Waals surface area contributed by atoms with E-state index in [0.717, 1.165) is 4.47 Å². The van der Waals surface area contributed by atoms with E-state index >= 15 is 0 Å². The van der Waals surface area contributed by atoms with E-state index in [2.05, 4.69) is 26.6 Å². The first-order valence-electron chi connectivity index (χ1n) is 8.98. The number of nitrogens with zero attached hydrogens (tertiary/aromatic N) is 1. The molecule has 0 bridgehead atoms. The van der Waals surface area contributed by atoms with Gasteiger partial charge in [0.15, 0.2) is 0 Å². The van der Waals surface area contributed by atoms with Gasteiger partial charge >= 0.3 is 11.8 Å². The maximum atomic E-state index is 12.6. The van der Waals surface area contributed by atoms with Gasteiger partial charge in [0.2, 0.25) is 0 Å². The third kappa shape index (κ3) is 4.41. The zero-order valence-electron chi connectivity index (χ0n) is 15.6. The number of phenolic OH excluding ortho intramolecular Hbond substituents is 1. The monoisotopic (exact) mass is 461 g/mol. The summed E-state index contributed by atoms with van der Waals surface area (Å²) < 4.78 is 0.753. The molecule has 0 saturated carbocycles. The van der Waals surface area contributed by atoms with E-state index in [4.69, 9.17) is 0 Å². The Kier molecular flexibility index (Phi) is 6.19. The van der Waals surface area contributed by atoms with Crippen molar-refractivity contribution in [2.45, 2.75) is 19.1 Å². The lowest BCUT2D eigenvalue weighted by Crippen LogP contribution is -2.45. The first-order valence-corrected chi connectivity index (χ1v) is 9.77. The van der Waals surface area contributed by atoms with Gasteiger partial charge in [-0.3, -0.25) is 14.4 Å². The van der Waals surface area contributed by atoms with E-state index in [1.165, 1.54) is 24.3 Å². The Bertz CT molecular complexity index is 948. The number of rotatable bonds is 5. The molecule has 9 heteroatoms. The van der Waals surface area contributed by atoms with Gasteiger partial charge in [-0.05, 0) is 42.8 Å². The zero-order chi connectivity index (χ0) is 21.1. The Morgan fingerprint density at radius 2 is 1.86 bits per heavy atom. The molecule has 0 aromatic heterocycles. The minimum Gasteiger partial charge on any atom is -0.508 e. The molecule has 1 aliphatic heterocycles. The number of benzene rings is 2. The topological polar surface area (TPSA) is 119 Å². The summed E-state index contributed by atoms with van der Waals surface area (Å²) in [5.41, 5.74) is 1.78. The molecule has 2 atom stereocenters. The largest absolute Gasteiger partial charge is 0.508 e. The van der Waals surface area contributed by atoms with Gasteiger partial charge in [0.1, 0.15) is 11.8 Å². The molecule has 152 valence electrons. The first-order chi connectivity index (χ1) is 13.8. The highest BCUT2D eigenvalue weighted by Gasteiger charge is 2.38. The maximum Gasteiger partial charge on any atom is 0.310 e. The number of carbonyl (C=O) groups is 3. The fraction of sp³-hybridized carbons (Fsp3) is 0.250. The van der Waals surface area contributed by atoms with Gasteiger partial charge in [-0.1, -0.05) is 28.1 Å². The number of phenols is 1. The van der Waals surface area contributed by atoms with E-state index in [-0.39, 0.29) is 18.2 Å². The highest BCUT2D eigenvalue weighted by molar-refractivity contribution is 9.10. The van der Waals surface area contributed by atoms with Crippen LogP contribution in [0.25, 0.3) is 0 Å². The molecular weight excluding hydrogens is 442 g/mol. The number of anilines is 1. The number of aromatic hydroxyl groups is 1. The molecule has 8 nitrogen and oxygen atoms in total. The quantitative estimate of drug-likeness (QED) is 0.503. The van der Waals surface area contributed by atoms with Crippen molar-refractivity contribution in [1.82, 2.24) is 10.6 Å². The van der Waals surface area contributed by atoms with Gasteiger partial charge in [0, 0.05) is 28.8 Å². The summed E-state index contributed by atoms with van der Waals surface area (Å²) in [5.74, 6) is -2.18. The summed E-state index contributed by atoms with van der Waals surface area (Å²) in [4.78, 5) is 38.6. The average molecular weight is 462 g/mol. The number of nitrogens with one attached hydrogen (secondary N) is 2. The molecule has 0 saturated heterocycles. The smallest absolute Gasteiger partial charge is 0.310 e. The summed E-state index contributed by atoms with van der Waals surface area (Å²) in [6.07, 6.45) is -1.05. The van der Waals surface area contributed by atoms with Gasteiger partial charge in [-0.2, -0.15) is 0 Å². The van der Waals surface area contributed by atoms with Crippen molar-refractivity contribution >= 4 is 39.3 Å². The van der Waals surface area contributed by atoms with E-state index < -0.39 is 24.0 Å². The fourth-order valence-electron chi connectivity index (χ4n) is 3.16. The number of fused-ring (bicyclic) bond motifs is 1. The number of carbonyl (C=O) groups excluding carboxylic acids is 3. The Hall–Kier alpha value is -2.91. The molecule has 3 rings (SSSR count). The summed E-state index contributed by atoms with van der Waals surface area (Å²) in [6.45, 7) is 2.06. The Morgan fingerprint density at radius 3 is 2.52 bits per heavy atom. The van der Waals surface area contributed by atoms with Crippen LogP contribution in [0.1, 0.15) is 30.2 Å². The number of likely N-dealkylation sites (N-methyl/N-ethyl adjacent to an activating group) is 1. The predicted molar refractivity (Wildman–Crippen MR) is 109 cm³/mol. The zero-order valence-corrected chi connectivity index (χ0v) is 17.1. The molecule has 0 unspecified atom stereocenters. The third-order valence-corrected chi connectivity index (χ3v) is 5.13. The van der Waals surface area contributed by atoms with Gasteiger partial charge in [0.05, 0.1) is 6.10 Å². The number of aliphatic hydroxyl groups excluding tert-OH is 1. The molecule has 0 radical (unpaired) electrons. The second kappa shape index (κ2) is 8.62. The standard InChI is InChI=1S/C20H20BrN3O5/c1-2-24-15-8-5-12(21)9-14(15)17(20(24)29)23-19(28)18(27)22-10-16(26)11-3-6-13(25)7-4-11/h3-9,16-17,25-26H,2,10H2,1H3,(H,22,27)(H,23,28)/t16-,17+/m1/s1. The van der Waals surface area contributed by atoms with Crippen molar-refractivity contribution in [2.75, 3.05) is 18.0 Å². The van der Waals surface area contributed by atoms with Crippen molar-refractivity contribution in [3.05, 3.63) is 58.1 Å². The van der Waals surface area contributed by atoms with Crippen LogP contribution in [0.5, 0.6) is 5.75 Å². The summed E-state index contributed by atoms with van der Waals surface area (Å²) in [5, 5.41) is 24.2. The van der Waals surface area contributed by atoms with Crippen molar-refractivity contribution in [2.24, 2.45) is 0 Å². The third-order valence-electron chi connectivity index (χ3n) is 4.64. The first kappa shape index (κ1) is 20.8. The van der Waals surface area contributed by atoms with E-state index in [1.54, 1.807) is 23.1 Å². The van der Waals surface area contributed by atoms with Gasteiger partial charge < -0.3 is 25.7 Å². The summed E-state index contributed by atoms with van der Waals surface area (Å²) in [6, 6.07) is 10.2. The molecule has 4 N–H and O–H groups in total. The van der Waals surface area contributed by atoms with E-state index in [0.29, 0.717) is 23.4 Å². The number of amides is 3. The van der Waals surface area contributed by atoms with Crippen molar-refractivity contribution in [1.29, 1.82) is 0 Å². The Morgan fingerprint density at radius 1 is 1.17 bits per heavy atom. The van der Waals surface area contributed by atoms with Crippen LogP contribution in [0, 0.1) is 0 Å². The molecule has 0 spiro atoms. The van der Waals surface area contributed by atoms with Crippen molar-refractivity contribution in [3.8, 4) is 5.75 Å². The fourth-order valence-corrected chi connectivity index (χ4v) is 3.54. The average Bonchev–Trinajstić information content (AvgIpc) is 2.96. The van der Waals surface area contributed by atoms with Crippen LogP contribution in [0.4, 0.5) is 5.69 Å². The number of aliphatic hydroxyl groups is 1. The van der Waals surface area contributed by atoms with Gasteiger partial charge in [-0.25, -0.2) is 0 Å². The second-order valence-electron chi connectivity index (χ2n) is 6.51. The van der Waals surface area contributed by atoms with Gasteiger partial charge in [-0.15, -0.1) is 0 Å². The van der Waals surface area contributed by atoms with Crippen LogP contribution in [0.2, 0.25) is 0 Å². The normalized spacial score (nSPS) is 16.3. The lowest BCUT2D eigenvalue weighted by atomic mass is 10.1. The Labute approximate surface area is 175 Å². The lowest BCUT2D eigenvalue weighted by molar-refractivity contribution is -0.140. The van der Waals surface area contributed by atoms with Crippen LogP contribution in [0.3, 0.4) is 0 Å². The summed E-state index contributed by atoms with van der Waals surface area (Å²) >= 11 is 3.35. The SMILES string of the molecule is CCN1C(=O)[C@@H](NC(=O)C(=O)NC[C@@H](O)c2ccc(O)cc2)c2cc(Br)ccc21. The minimum atomic E-state index is -1.05. The predicted octanol–water partition coefficient (Wildman–Crippen LogP) is 1.53. The number of halogens is 1. The highest BCUT2D eigenvalue weighted by atomic mass is 79.9. The van der Waals surface area contributed by atoms with E-state index in [1.807, 2.05) is 6.92 Å². The minimum absolute atomic E-state index is 0.0543. The lowest BCUT2D eigenvalue weighted by Gasteiger charge is -2.16. The molecule has 2 aromatic rings. The molecule has 29 heavy (non-hydrogen) atoms. The molecule has 0 aliphatic carbocycles. The number of hydrogen-bond acceptors (Lipinski definition) is 5. The molecule has 1 heterocycles. The molecule has 1 aliphatic rings. The maximum absolute atomic E-state index is 12.6. The van der Waals surface area contributed by atoms with Gasteiger partial charge in [0.25, 0.3) is 5.91 Å². The van der Waals surface area contributed by atoms with Crippen molar-refractivity contribution < 1.29 is 24.6 Å². The van der Waals surface area contributed by atoms with E-state index in [9.17, 15) is 24.6 Å². The highest BCUT2D eigenvalue weighted by Crippen LogP contribution is 2.37. The molecular formula is C20H20BrN3O5. The Balaban J connectivity index is 1.64. The summed E-state index contributed by atoms with van der Waals surface area (Å²) in [7, 11) is 0. The van der Waals surface area contributed by atoms with Crippen molar-refractivity contribution in [3.63, 3.8) is 0 Å².